The highest BCUT2D eigenvalue weighted by Crippen LogP contribution is 2.31. The lowest BCUT2D eigenvalue weighted by Gasteiger charge is -2.24. The molecule has 0 aliphatic carbocycles. The van der Waals surface area contributed by atoms with Crippen molar-refractivity contribution in [2.75, 3.05) is 7.11 Å². The number of aromatic nitrogens is 2. The summed E-state index contributed by atoms with van der Waals surface area (Å²) in [5, 5.41) is 0. The van der Waals surface area contributed by atoms with Gasteiger partial charge in [-0.25, -0.2) is 9.79 Å². The molecule has 0 bridgehead atoms. The molecule has 7 heteroatoms. The Morgan fingerprint density at radius 2 is 1.97 bits per heavy atom. The van der Waals surface area contributed by atoms with E-state index in [2.05, 4.69) is 23.8 Å². The van der Waals surface area contributed by atoms with E-state index >= 15 is 0 Å². The number of pyridine rings is 1. The first kappa shape index (κ1) is 20.9. The van der Waals surface area contributed by atoms with Crippen molar-refractivity contribution >= 4 is 23.4 Å². The monoisotopic (exact) mass is 433 g/mol. The van der Waals surface area contributed by atoms with Gasteiger partial charge < -0.3 is 4.74 Å². The van der Waals surface area contributed by atoms with E-state index in [0.29, 0.717) is 26.5 Å². The predicted molar refractivity (Wildman–Crippen MR) is 121 cm³/mol. The van der Waals surface area contributed by atoms with E-state index in [9.17, 15) is 9.59 Å². The van der Waals surface area contributed by atoms with Gasteiger partial charge in [-0.2, -0.15) is 0 Å². The van der Waals surface area contributed by atoms with E-state index in [1.165, 1.54) is 24.0 Å². The fourth-order valence-electron chi connectivity index (χ4n) is 3.68. The molecule has 1 aliphatic heterocycles. The molecule has 6 nitrogen and oxygen atoms in total. The number of methoxy groups -OCH3 is 1. The van der Waals surface area contributed by atoms with Gasteiger partial charge >= 0.3 is 5.97 Å². The van der Waals surface area contributed by atoms with Crippen molar-refractivity contribution in [3.63, 3.8) is 0 Å². The van der Waals surface area contributed by atoms with Crippen LogP contribution in [0.15, 0.2) is 69.8 Å². The molecule has 4 rings (SSSR count). The van der Waals surface area contributed by atoms with Crippen molar-refractivity contribution < 1.29 is 9.53 Å². The number of hydrogen-bond acceptors (Lipinski definition) is 6. The SMILES string of the molecule is COC(=O)C1=C(C)N=c2s/c(=C/c3cccnc3)c(=O)n2C1c1ccc(C(C)C)cc1. The van der Waals surface area contributed by atoms with E-state index in [-0.39, 0.29) is 5.56 Å². The topological polar surface area (TPSA) is 73.6 Å². The van der Waals surface area contributed by atoms with Crippen molar-refractivity contribution in [3.05, 3.63) is 96.4 Å². The van der Waals surface area contributed by atoms with Crippen molar-refractivity contribution in [2.24, 2.45) is 4.99 Å². The van der Waals surface area contributed by atoms with Gasteiger partial charge in [0.1, 0.15) is 0 Å². The molecule has 0 N–H and O–H groups in total. The number of ether oxygens (including phenoxy) is 1. The number of rotatable bonds is 4. The minimum Gasteiger partial charge on any atom is -0.466 e. The van der Waals surface area contributed by atoms with Gasteiger partial charge in [-0.15, -0.1) is 0 Å². The number of thiazole rings is 1. The fraction of sp³-hybridized carbons (Fsp3) is 0.250. The molecule has 1 aliphatic rings. The minimum absolute atomic E-state index is 0.195. The Morgan fingerprint density at radius 1 is 1.23 bits per heavy atom. The smallest absolute Gasteiger partial charge is 0.338 e. The summed E-state index contributed by atoms with van der Waals surface area (Å²) >= 11 is 1.30. The van der Waals surface area contributed by atoms with Crippen molar-refractivity contribution in [3.8, 4) is 0 Å². The highest BCUT2D eigenvalue weighted by atomic mass is 32.1. The molecule has 1 unspecified atom stereocenters. The van der Waals surface area contributed by atoms with Gasteiger partial charge in [0.2, 0.25) is 0 Å². The number of benzene rings is 1. The van der Waals surface area contributed by atoms with Gasteiger partial charge in [0, 0.05) is 12.4 Å². The molecule has 3 heterocycles. The van der Waals surface area contributed by atoms with Crippen LogP contribution in [0.25, 0.3) is 6.08 Å². The number of allylic oxidation sites excluding steroid dienone is 1. The van der Waals surface area contributed by atoms with Crippen LogP contribution in [0, 0.1) is 0 Å². The lowest BCUT2D eigenvalue weighted by Crippen LogP contribution is -2.39. The molecule has 0 radical (unpaired) electrons. The Balaban J connectivity index is 1.95. The molecular weight excluding hydrogens is 410 g/mol. The Bertz CT molecular complexity index is 1330. The zero-order chi connectivity index (χ0) is 22.1. The van der Waals surface area contributed by atoms with E-state index in [4.69, 9.17) is 4.74 Å². The quantitative estimate of drug-likeness (QED) is 0.593. The summed E-state index contributed by atoms with van der Waals surface area (Å²) in [4.78, 5) is 35.3. The predicted octanol–water partition coefficient (Wildman–Crippen LogP) is 2.93. The summed E-state index contributed by atoms with van der Waals surface area (Å²) in [6, 6.07) is 11.1. The van der Waals surface area contributed by atoms with E-state index in [0.717, 1.165) is 11.1 Å². The number of hydrogen-bond donors (Lipinski definition) is 0. The van der Waals surface area contributed by atoms with Gasteiger partial charge in [-0.3, -0.25) is 14.3 Å². The molecule has 1 atom stereocenters. The first-order valence-corrected chi connectivity index (χ1v) is 10.8. The molecule has 158 valence electrons. The highest BCUT2D eigenvalue weighted by molar-refractivity contribution is 7.07. The van der Waals surface area contributed by atoms with Gasteiger partial charge in [-0.1, -0.05) is 55.5 Å². The van der Waals surface area contributed by atoms with Crippen LogP contribution >= 0.6 is 11.3 Å². The van der Waals surface area contributed by atoms with Crippen molar-refractivity contribution in [2.45, 2.75) is 32.7 Å². The van der Waals surface area contributed by atoms with Gasteiger partial charge in [0.05, 0.1) is 29.0 Å². The van der Waals surface area contributed by atoms with Gasteiger partial charge in [-0.05, 0) is 41.7 Å². The maximum absolute atomic E-state index is 13.4. The normalized spacial score (nSPS) is 16.3. The molecule has 0 saturated heterocycles. The first-order chi connectivity index (χ1) is 14.9. The third-order valence-electron chi connectivity index (χ3n) is 5.33. The lowest BCUT2D eigenvalue weighted by molar-refractivity contribution is -0.136. The van der Waals surface area contributed by atoms with Crippen molar-refractivity contribution in [1.82, 2.24) is 9.55 Å². The summed E-state index contributed by atoms with van der Waals surface area (Å²) in [7, 11) is 1.34. The van der Waals surface area contributed by atoms with E-state index in [1.54, 1.807) is 30.0 Å². The Hall–Kier alpha value is -3.32. The molecule has 0 amide bonds. The fourth-order valence-corrected chi connectivity index (χ4v) is 4.73. The zero-order valence-electron chi connectivity index (χ0n) is 17.8. The van der Waals surface area contributed by atoms with Crippen LogP contribution in [-0.4, -0.2) is 22.6 Å². The number of carbonyl (C=O) groups is 1. The molecule has 0 spiro atoms. The van der Waals surface area contributed by atoms with E-state index < -0.39 is 12.0 Å². The van der Waals surface area contributed by atoms with Crippen LogP contribution in [0.4, 0.5) is 0 Å². The molecule has 0 saturated carbocycles. The summed E-state index contributed by atoms with van der Waals surface area (Å²) in [6.45, 7) is 6.03. The Kier molecular flexibility index (Phi) is 5.69. The second-order valence-corrected chi connectivity index (χ2v) is 8.69. The van der Waals surface area contributed by atoms with Gasteiger partial charge in [0.15, 0.2) is 4.80 Å². The molecule has 31 heavy (non-hydrogen) atoms. The number of esters is 1. The van der Waals surface area contributed by atoms with E-state index in [1.807, 2.05) is 36.4 Å². The number of fused-ring (bicyclic) bond motifs is 1. The number of carbonyl (C=O) groups excluding carboxylic acids is 1. The second-order valence-electron chi connectivity index (χ2n) is 7.68. The molecule has 1 aromatic carbocycles. The van der Waals surface area contributed by atoms with Crippen LogP contribution < -0.4 is 14.9 Å². The largest absolute Gasteiger partial charge is 0.466 e. The third kappa shape index (κ3) is 3.88. The Labute approximate surface area is 183 Å². The maximum Gasteiger partial charge on any atom is 0.338 e. The first-order valence-electron chi connectivity index (χ1n) is 10.0. The summed E-state index contributed by atoms with van der Waals surface area (Å²) in [5.41, 5.74) is 3.59. The van der Waals surface area contributed by atoms with Crippen LogP contribution in [0.2, 0.25) is 0 Å². The van der Waals surface area contributed by atoms with Gasteiger partial charge in [0.25, 0.3) is 5.56 Å². The summed E-state index contributed by atoms with van der Waals surface area (Å²) < 4.78 is 7.18. The lowest BCUT2D eigenvalue weighted by atomic mass is 9.93. The average molecular weight is 434 g/mol. The standard InChI is InChI=1S/C24H23N3O3S/c1-14(2)17-7-9-18(10-8-17)21-20(23(29)30-4)15(3)26-24-27(21)22(28)19(31-24)12-16-6-5-11-25-13-16/h5-14,21H,1-4H3/b19-12+. The third-order valence-corrected chi connectivity index (χ3v) is 6.31. The summed E-state index contributed by atoms with van der Waals surface area (Å²) in [5.74, 6) is -0.103. The maximum atomic E-state index is 13.4. The molecule has 2 aromatic heterocycles. The van der Waals surface area contributed by atoms with Crippen LogP contribution in [0.3, 0.4) is 0 Å². The molecule has 0 fully saturated rings. The Morgan fingerprint density at radius 3 is 2.58 bits per heavy atom. The zero-order valence-corrected chi connectivity index (χ0v) is 18.6. The highest BCUT2D eigenvalue weighted by Gasteiger charge is 2.33. The number of nitrogens with zero attached hydrogens (tertiary/aromatic N) is 3. The summed E-state index contributed by atoms with van der Waals surface area (Å²) in [6.07, 6.45) is 5.18. The van der Waals surface area contributed by atoms with Crippen LogP contribution in [-0.2, 0) is 9.53 Å². The average Bonchev–Trinajstić information content (AvgIpc) is 3.07. The second kappa shape index (κ2) is 8.43. The van der Waals surface area contributed by atoms with Crippen LogP contribution in [0.1, 0.15) is 49.4 Å². The van der Waals surface area contributed by atoms with Crippen LogP contribution in [0.5, 0.6) is 0 Å². The minimum atomic E-state index is -0.596. The molecule has 3 aromatic rings. The molecular formula is C24H23N3O3S. The van der Waals surface area contributed by atoms with Crippen molar-refractivity contribution in [1.29, 1.82) is 0 Å².